The number of carbonyl (C=O) groups excluding carboxylic acids is 1. The lowest BCUT2D eigenvalue weighted by Gasteiger charge is -2.41. The van der Waals surface area contributed by atoms with E-state index < -0.39 is 0 Å². The summed E-state index contributed by atoms with van der Waals surface area (Å²) in [5, 5.41) is 3.37. The van der Waals surface area contributed by atoms with Crippen molar-refractivity contribution in [2.45, 2.75) is 52.2 Å². The molecule has 104 valence electrons. The van der Waals surface area contributed by atoms with Gasteiger partial charge in [-0.3, -0.25) is 4.79 Å². The van der Waals surface area contributed by atoms with E-state index in [-0.39, 0.29) is 17.6 Å². The van der Waals surface area contributed by atoms with Crippen LogP contribution in [0.25, 0.3) is 0 Å². The third-order valence-corrected chi connectivity index (χ3v) is 4.29. The monoisotopic (exact) mass is 254 g/mol. The van der Waals surface area contributed by atoms with Crippen LogP contribution in [-0.4, -0.2) is 49.2 Å². The molecule has 4 nitrogen and oxygen atoms in total. The minimum atomic E-state index is -0.153. The first-order valence-electron chi connectivity index (χ1n) is 7.22. The van der Waals surface area contributed by atoms with Gasteiger partial charge in [0.15, 0.2) is 0 Å². The Kier molecular flexibility index (Phi) is 4.28. The molecule has 0 aromatic heterocycles. The van der Waals surface area contributed by atoms with Gasteiger partial charge < -0.3 is 15.0 Å². The third-order valence-electron chi connectivity index (χ3n) is 4.29. The number of carbonyl (C=O) groups is 1. The minimum absolute atomic E-state index is 0.153. The summed E-state index contributed by atoms with van der Waals surface area (Å²) >= 11 is 0. The lowest BCUT2D eigenvalue weighted by molar-refractivity contribution is -0.153. The van der Waals surface area contributed by atoms with E-state index >= 15 is 0 Å². The van der Waals surface area contributed by atoms with Gasteiger partial charge in [-0.15, -0.1) is 0 Å². The summed E-state index contributed by atoms with van der Waals surface area (Å²) in [7, 11) is 0. The van der Waals surface area contributed by atoms with Crippen molar-refractivity contribution >= 4 is 5.91 Å². The summed E-state index contributed by atoms with van der Waals surface area (Å²) in [5.41, 5.74) is -0.153. The van der Waals surface area contributed by atoms with Crippen molar-refractivity contribution in [1.29, 1.82) is 0 Å². The molecular formula is C14H26N2O2. The largest absolute Gasteiger partial charge is 0.375 e. The molecule has 2 saturated heterocycles. The average Bonchev–Trinajstić information content (AvgIpc) is 2.82. The standard InChI is InChI=1S/C14H26N2O2/c1-4-5-14(6-7-15-10-14)13(17)16-8-12(3)18-9-11(16)2/h11-12,15H,4-10H2,1-3H3. The first-order chi connectivity index (χ1) is 8.59. The topological polar surface area (TPSA) is 41.6 Å². The molecule has 3 atom stereocenters. The highest BCUT2D eigenvalue weighted by molar-refractivity contribution is 5.83. The second-order valence-electron chi connectivity index (χ2n) is 5.91. The molecule has 18 heavy (non-hydrogen) atoms. The zero-order valence-corrected chi connectivity index (χ0v) is 11.9. The van der Waals surface area contributed by atoms with Gasteiger partial charge >= 0.3 is 0 Å². The van der Waals surface area contributed by atoms with E-state index in [0.717, 1.165) is 38.9 Å². The van der Waals surface area contributed by atoms with Crippen molar-refractivity contribution < 1.29 is 9.53 Å². The normalized spacial score (nSPS) is 36.9. The predicted octanol–water partition coefficient (Wildman–Crippen LogP) is 1.40. The second-order valence-corrected chi connectivity index (χ2v) is 5.91. The predicted molar refractivity (Wildman–Crippen MR) is 71.4 cm³/mol. The quantitative estimate of drug-likeness (QED) is 0.828. The first kappa shape index (κ1) is 13.8. The summed E-state index contributed by atoms with van der Waals surface area (Å²) < 4.78 is 5.62. The lowest BCUT2D eigenvalue weighted by atomic mass is 9.80. The molecule has 0 bridgehead atoms. The molecular weight excluding hydrogens is 228 g/mol. The van der Waals surface area contributed by atoms with E-state index in [1.54, 1.807) is 0 Å². The number of hydrogen-bond acceptors (Lipinski definition) is 3. The Bertz CT molecular complexity index is 300. The SMILES string of the molecule is CCCC1(C(=O)N2CC(C)OCC2C)CCNC1. The Morgan fingerprint density at radius 3 is 2.89 bits per heavy atom. The fraction of sp³-hybridized carbons (Fsp3) is 0.929. The molecule has 2 fully saturated rings. The van der Waals surface area contributed by atoms with Gasteiger partial charge in [0.1, 0.15) is 0 Å². The molecule has 0 radical (unpaired) electrons. The molecule has 1 amide bonds. The molecule has 0 saturated carbocycles. The van der Waals surface area contributed by atoms with Crippen LogP contribution in [0.15, 0.2) is 0 Å². The van der Waals surface area contributed by atoms with Gasteiger partial charge in [-0.25, -0.2) is 0 Å². The van der Waals surface area contributed by atoms with Crippen LogP contribution in [0.2, 0.25) is 0 Å². The fourth-order valence-electron chi connectivity index (χ4n) is 3.22. The maximum Gasteiger partial charge on any atom is 0.230 e. The molecule has 2 rings (SSSR count). The molecule has 0 aliphatic carbocycles. The van der Waals surface area contributed by atoms with Gasteiger partial charge in [-0.05, 0) is 33.2 Å². The second kappa shape index (κ2) is 5.57. The summed E-state index contributed by atoms with van der Waals surface area (Å²) in [6, 6.07) is 0.211. The van der Waals surface area contributed by atoms with Gasteiger partial charge in [-0.2, -0.15) is 0 Å². The number of ether oxygens (including phenoxy) is 1. The summed E-state index contributed by atoms with van der Waals surface area (Å²) in [4.78, 5) is 15.0. The summed E-state index contributed by atoms with van der Waals surface area (Å²) in [5.74, 6) is 0.344. The van der Waals surface area contributed by atoms with E-state index in [4.69, 9.17) is 4.74 Å². The van der Waals surface area contributed by atoms with Crippen LogP contribution in [-0.2, 0) is 9.53 Å². The van der Waals surface area contributed by atoms with Crippen molar-refractivity contribution in [1.82, 2.24) is 10.2 Å². The molecule has 1 N–H and O–H groups in total. The van der Waals surface area contributed by atoms with Crippen LogP contribution in [0.4, 0.5) is 0 Å². The van der Waals surface area contributed by atoms with Crippen molar-refractivity contribution in [3.63, 3.8) is 0 Å². The number of rotatable bonds is 3. The molecule has 3 unspecified atom stereocenters. The van der Waals surface area contributed by atoms with Crippen molar-refractivity contribution in [3.8, 4) is 0 Å². The van der Waals surface area contributed by atoms with Crippen LogP contribution < -0.4 is 5.32 Å². The fourth-order valence-corrected chi connectivity index (χ4v) is 3.22. The Hall–Kier alpha value is -0.610. The van der Waals surface area contributed by atoms with E-state index in [0.29, 0.717) is 12.5 Å². The van der Waals surface area contributed by atoms with Crippen molar-refractivity contribution in [2.75, 3.05) is 26.2 Å². The molecule has 0 aromatic rings. The van der Waals surface area contributed by atoms with E-state index in [9.17, 15) is 4.79 Å². The van der Waals surface area contributed by atoms with Crippen molar-refractivity contribution in [2.24, 2.45) is 5.41 Å². The summed E-state index contributed by atoms with van der Waals surface area (Å²) in [6.07, 6.45) is 3.22. The minimum Gasteiger partial charge on any atom is -0.375 e. The number of nitrogens with one attached hydrogen (secondary N) is 1. The molecule has 0 aromatic carbocycles. The number of nitrogens with zero attached hydrogens (tertiary/aromatic N) is 1. The molecule has 2 aliphatic heterocycles. The smallest absolute Gasteiger partial charge is 0.230 e. The highest BCUT2D eigenvalue weighted by Crippen LogP contribution is 2.34. The Balaban J connectivity index is 2.12. The first-order valence-corrected chi connectivity index (χ1v) is 7.22. The third kappa shape index (κ3) is 2.54. The highest BCUT2D eigenvalue weighted by Gasteiger charge is 2.44. The summed E-state index contributed by atoms with van der Waals surface area (Å²) in [6.45, 7) is 9.53. The highest BCUT2D eigenvalue weighted by atomic mass is 16.5. The lowest BCUT2D eigenvalue weighted by Crippen LogP contribution is -2.55. The molecule has 4 heteroatoms. The van der Waals surface area contributed by atoms with Gasteiger partial charge in [-0.1, -0.05) is 13.3 Å². The molecule has 2 heterocycles. The van der Waals surface area contributed by atoms with Crippen molar-refractivity contribution in [3.05, 3.63) is 0 Å². The van der Waals surface area contributed by atoms with E-state index in [1.807, 2.05) is 6.92 Å². The van der Waals surface area contributed by atoms with Crippen LogP contribution in [0.5, 0.6) is 0 Å². The number of morpholine rings is 1. The molecule has 0 spiro atoms. The molecule has 2 aliphatic rings. The Morgan fingerprint density at radius 2 is 2.28 bits per heavy atom. The van der Waals surface area contributed by atoms with Gasteiger partial charge in [0.2, 0.25) is 5.91 Å². The van der Waals surface area contributed by atoms with Crippen LogP contribution in [0.3, 0.4) is 0 Å². The Labute approximate surface area is 110 Å². The Morgan fingerprint density at radius 1 is 1.50 bits per heavy atom. The van der Waals surface area contributed by atoms with Crippen LogP contribution >= 0.6 is 0 Å². The zero-order chi connectivity index (χ0) is 13.2. The van der Waals surface area contributed by atoms with Crippen LogP contribution in [0.1, 0.15) is 40.0 Å². The maximum atomic E-state index is 12.9. The van der Waals surface area contributed by atoms with E-state index in [1.165, 1.54) is 0 Å². The van der Waals surface area contributed by atoms with Crippen LogP contribution in [0, 0.1) is 5.41 Å². The average molecular weight is 254 g/mol. The van der Waals surface area contributed by atoms with Gasteiger partial charge in [0, 0.05) is 13.1 Å². The number of amides is 1. The van der Waals surface area contributed by atoms with Gasteiger partial charge in [0.05, 0.1) is 24.2 Å². The zero-order valence-electron chi connectivity index (χ0n) is 11.9. The maximum absolute atomic E-state index is 12.9. The van der Waals surface area contributed by atoms with Gasteiger partial charge in [0.25, 0.3) is 0 Å². The van der Waals surface area contributed by atoms with E-state index in [2.05, 4.69) is 24.1 Å². The number of hydrogen-bond donors (Lipinski definition) is 1.